The number of likely N-dealkylation sites (N-methyl/N-ethyl adjacent to an activating group) is 1. The number of hydrogen-bond acceptors (Lipinski definition) is 7. The third-order valence-electron chi connectivity index (χ3n) is 4.11. The van der Waals surface area contributed by atoms with Gasteiger partial charge in [0.05, 0.1) is 11.8 Å². The van der Waals surface area contributed by atoms with Gasteiger partial charge in [-0.1, -0.05) is 12.1 Å². The molecule has 0 spiro atoms. The Hall–Kier alpha value is -3.45. The van der Waals surface area contributed by atoms with Crippen LogP contribution in [0.3, 0.4) is 0 Å². The number of pyridine rings is 1. The molecule has 0 aliphatic heterocycles. The number of aromatic nitrogens is 3. The number of fused-ring (bicyclic) bond motifs is 1. The molecule has 3 aromatic rings. The Bertz CT molecular complexity index is 1090. The van der Waals surface area contributed by atoms with Crippen LogP contribution in [0.5, 0.6) is 5.88 Å². The van der Waals surface area contributed by atoms with Crippen molar-refractivity contribution < 1.29 is 17.9 Å². The summed E-state index contributed by atoms with van der Waals surface area (Å²) in [5.74, 6) is 0.602. The van der Waals surface area contributed by atoms with E-state index in [1.807, 2.05) is 32.0 Å². The van der Waals surface area contributed by atoms with Gasteiger partial charge in [-0.15, -0.1) is 0 Å². The van der Waals surface area contributed by atoms with Gasteiger partial charge in [0.15, 0.2) is 5.82 Å². The zero-order chi connectivity index (χ0) is 21.9. The molecule has 0 saturated carbocycles. The topological polar surface area (TPSA) is 87.0 Å². The molecule has 2 aromatic heterocycles. The Kier molecular flexibility index (Phi) is 6.03. The van der Waals surface area contributed by atoms with Crippen LogP contribution in [0, 0.1) is 11.3 Å². The molecule has 2 heterocycles. The number of hydrogen-bond donors (Lipinski definition) is 1. The zero-order valence-electron chi connectivity index (χ0n) is 16.5. The van der Waals surface area contributed by atoms with E-state index < -0.39 is 11.7 Å². The molecule has 0 saturated heterocycles. The second kappa shape index (κ2) is 8.51. The highest BCUT2D eigenvalue weighted by Gasteiger charge is 2.32. The van der Waals surface area contributed by atoms with Crippen molar-refractivity contribution in [2.24, 2.45) is 0 Å². The quantitative estimate of drug-likeness (QED) is 0.650. The molecule has 0 radical (unpaired) electrons. The van der Waals surface area contributed by atoms with Crippen LogP contribution < -0.4 is 10.1 Å². The average Bonchev–Trinajstić information content (AvgIpc) is 2.66. The van der Waals surface area contributed by atoms with E-state index in [1.165, 1.54) is 18.3 Å². The van der Waals surface area contributed by atoms with Crippen molar-refractivity contribution >= 4 is 22.4 Å². The predicted molar refractivity (Wildman–Crippen MR) is 105 cm³/mol. The monoisotopic (exact) mass is 416 g/mol. The van der Waals surface area contributed by atoms with Crippen LogP contribution >= 0.6 is 0 Å². The minimum atomic E-state index is -4.47. The van der Waals surface area contributed by atoms with Gasteiger partial charge in [0.1, 0.15) is 18.0 Å². The van der Waals surface area contributed by atoms with Gasteiger partial charge in [0.25, 0.3) is 5.88 Å². The normalized spacial score (nSPS) is 12.6. The molecule has 1 N–H and O–H groups in total. The predicted octanol–water partition coefficient (Wildman–Crippen LogP) is 3.99. The van der Waals surface area contributed by atoms with Crippen molar-refractivity contribution in [3.63, 3.8) is 0 Å². The van der Waals surface area contributed by atoms with Crippen molar-refractivity contribution in [2.75, 3.05) is 26.0 Å². The highest BCUT2D eigenvalue weighted by molar-refractivity contribution is 5.87. The number of ether oxygens (including phenoxy) is 1. The van der Waals surface area contributed by atoms with Crippen molar-refractivity contribution in [2.45, 2.75) is 19.2 Å². The van der Waals surface area contributed by atoms with Crippen LogP contribution in [0.1, 0.15) is 18.2 Å². The van der Waals surface area contributed by atoms with E-state index in [0.717, 1.165) is 12.3 Å². The molecule has 0 bridgehead atoms. The van der Waals surface area contributed by atoms with Gasteiger partial charge in [-0.25, -0.2) is 9.97 Å². The minimum Gasteiger partial charge on any atom is -0.471 e. The van der Waals surface area contributed by atoms with Crippen LogP contribution in [-0.4, -0.2) is 46.6 Å². The van der Waals surface area contributed by atoms with Crippen molar-refractivity contribution in [1.29, 1.82) is 5.26 Å². The summed E-state index contributed by atoms with van der Waals surface area (Å²) in [6.45, 7) is 2.45. The molecule has 0 fully saturated rings. The Morgan fingerprint density at radius 3 is 2.63 bits per heavy atom. The lowest BCUT2D eigenvalue weighted by molar-refractivity contribution is -0.136. The van der Waals surface area contributed by atoms with Gasteiger partial charge < -0.3 is 15.0 Å². The smallest absolute Gasteiger partial charge is 0.417 e. The van der Waals surface area contributed by atoms with Crippen LogP contribution in [0.4, 0.5) is 24.8 Å². The largest absolute Gasteiger partial charge is 0.471 e. The summed E-state index contributed by atoms with van der Waals surface area (Å²) >= 11 is 0. The van der Waals surface area contributed by atoms with Crippen LogP contribution in [0.15, 0.2) is 36.7 Å². The fraction of sp³-hybridized carbons (Fsp3) is 0.300. The fourth-order valence-electron chi connectivity index (χ4n) is 2.95. The molecule has 7 nitrogen and oxygen atoms in total. The molecule has 30 heavy (non-hydrogen) atoms. The van der Waals surface area contributed by atoms with Gasteiger partial charge in [-0.2, -0.15) is 23.4 Å². The van der Waals surface area contributed by atoms with Crippen molar-refractivity contribution in [3.8, 4) is 11.9 Å². The van der Waals surface area contributed by atoms with E-state index >= 15 is 0 Å². The van der Waals surface area contributed by atoms with Gasteiger partial charge >= 0.3 is 6.18 Å². The summed E-state index contributed by atoms with van der Waals surface area (Å²) in [7, 11) is 3.79. The summed E-state index contributed by atoms with van der Waals surface area (Å²) in [5.41, 5.74) is -0.713. The van der Waals surface area contributed by atoms with Crippen LogP contribution in [0.25, 0.3) is 10.8 Å². The van der Waals surface area contributed by atoms with Gasteiger partial charge in [-0.3, -0.25) is 0 Å². The third kappa shape index (κ3) is 4.93. The molecule has 1 aromatic carbocycles. The van der Waals surface area contributed by atoms with E-state index in [9.17, 15) is 18.4 Å². The van der Waals surface area contributed by atoms with Crippen molar-refractivity contribution in [1.82, 2.24) is 19.9 Å². The Balaban J connectivity index is 1.88. The number of nitriles is 1. The van der Waals surface area contributed by atoms with E-state index in [4.69, 9.17) is 4.74 Å². The first kappa shape index (κ1) is 21.3. The number of alkyl halides is 3. The SMILES string of the molecule is C[C@H](CN(C)C)Oc1nc(Nc2cc3cccc(C(F)(F)F)c3cn2)cnc1C#N. The number of anilines is 2. The molecular weight excluding hydrogens is 397 g/mol. The molecule has 10 heteroatoms. The lowest BCUT2D eigenvalue weighted by Crippen LogP contribution is -2.28. The van der Waals surface area contributed by atoms with E-state index in [-0.39, 0.29) is 34.7 Å². The first-order chi connectivity index (χ1) is 14.2. The van der Waals surface area contributed by atoms with Crippen molar-refractivity contribution in [3.05, 3.63) is 47.9 Å². The van der Waals surface area contributed by atoms with Gasteiger partial charge in [-0.05, 0) is 38.5 Å². The molecule has 1 atom stereocenters. The maximum Gasteiger partial charge on any atom is 0.417 e. The van der Waals surface area contributed by atoms with E-state index in [0.29, 0.717) is 11.9 Å². The number of nitrogens with zero attached hydrogens (tertiary/aromatic N) is 5. The Labute approximate surface area is 171 Å². The summed E-state index contributed by atoms with van der Waals surface area (Å²) < 4.78 is 45.2. The third-order valence-corrected chi connectivity index (χ3v) is 4.11. The van der Waals surface area contributed by atoms with Crippen LogP contribution in [-0.2, 0) is 6.18 Å². The summed E-state index contributed by atoms with van der Waals surface area (Å²) in [6.07, 6.45) is -2.21. The second-order valence-electron chi connectivity index (χ2n) is 6.93. The maximum absolute atomic E-state index is 13.2. The zero-order valence-corrected chi connectivity index (χ0v) is 16.5. The highest BCUT2D eigenvalue weighted by Crippen LogP contribution is 2.35. The molecule has 0 amide bonds. The number of nitrogens with one attached hydrogen (secondary N) is 1. The molecule has 0 aliphatic rings. The number of benzene rings is 1. The lowest BCUT2D eigenvalue weighted by atomic mass is 10.1. The summed E-state index contributed by atoms with van der Waals surface area (Å²) in [5, 5.41) is 12.5. The van der Waals surface area contributed by atoms with Gasteiger partial charge in [0, 0.05) is 18.1 Å². The summed E-state index contributed by atoms with van der Waals surface area (Å²) in [6, 6.07) is 7.34. The Morgan fingerprint density at radius 1 is 1.20 bits per heavy atom. The first-order valence-corrected chi connectivity index (χ1v) is 8.99. The molecule has 0 unspecified atom stereocenters. The molecule has 3 rings (SSSR count). The second-order valence-corrected chi connectivity index (χ2v) is 6.93. The number of rotatable bonds is 6. The number of halogens is 3. The van der Waals surface area contributed by atoms with Gasteiger partial charge in [0.2, 0.25) is 5.69 Å². The Morgan fingerprint density at radius 2 is 1.97 bits per heavy atom. The van der Waals surface area contributed by atoms with E-state index in [2.05, 4.69) is 20.3 Å². The van der Waals surface area contributed by atoms with E-state index in [1.54, 1.807) is 6.07 Å². The minimum absolute atomic E-state index is 0.00277. The first-order valence-electron chi connectivity index (χ1n) is 8.99. The molecule has 156 valence electrons. The maximum atomic E-state index is 13.2. The standard InChI is InChI=1S/C20H19F3N6O/c1-12(11-29(2)3)30-19-16(8-24)25-10-18(28-19)27-17-7-13-5-4-6-15(20(21,22)23)14(13)9-26-17/h4-7,9-10,12H,11H2,1-3H3,(H,26,27,28)/t12-/m1/s1. The fourth-order valence-corrected chi connectivity index (χ4v) is 2.95. The molecule has 0 aliphatic carbocycles. The van der Waals surface area contributed by atoms with Crippen LogP contribution in [0.2, 0.25) is 0 Å². The average molecular weight is 416 g/mol. The summed E-state index contributed by atoms with van der Waals surface area (Å²) in [4.78, 5) is 14.3. The highest BCUT2D eigenvalue weighted by atomic mass is 19.4. The molecular formula is C20H19F3N6O. The lowest BCUT2D eigenvalue weighted by Gasteiger charge is -2.18.